The third-order valence-electron chi connectivity index (χ3n) is 3.44. The molecular formula is C17H13FN2O4S. The first-order valence-corrected chi connectivity index (χ1v) is 8.07. The number of thiophene rings is 1. The smallest absolute Gasteiger partial charge is 0.348 e. The Kier molecular flexibility index (Phi) is 4.62. The van der Waals surface area contributed by atoms with Gasteiger partial charge in [0.05, 0.1) is 0 Å². The number of ether oxygens (including phenoxy) is 1. The summed E-state index contributed by atoms with van der Waals surface area (Å²) in [6.45, 7) is -0.586. The number of fused-ring (bicyclic) bond motifs is 1. The highest BCUT2D eigenvalue weighted by Gasteiger charge is 2.16. The SMILES string of the molecule is Cn1cccc1C(=O)NC(=O)COC(=O)c1cc2cc(F)ccc2s1. The van der Waals surface area contributed by atoms with Gasteiger partial charge in [-0.1, -0.05) is 0 Å². The van der Waals surface area contributed by atoms with Gasteiger partial charge in [0.25, 0.3) is 11.8 Å². The van der Waals surface area contributed by atoms with E-state index < -0.39 is 30.2 Å². The maximum Gasteiger partial charge on any atom is 0.348 e. The van der Waals surface area contributed by atoms with Gasteiger partial charge in [0.2, 0.25) is 0 Å². The van der Waals surface area contributed by atoms with Crippen molar-refractivity contribution in [3.63, 3.8) is 0 Å². The molecule has 0 fully saturated rings. The summed E-state index contributed by atoms with van der Waals surface area (Å²) >= 11 is 1.14. The van der Waals surface area contributed by atoms with Crippen LogP contribution in [0, 0.1) is 5.82 Å². The molecule has 0 radical (unpaired) electrons. The molecular weight excluding hydrogens is 347 g/mol. The van der Waals surface area contributed by atoms with Crippen molar-refractivity contribution in [3.8, 4) is 0 Å². The van der Waals surface area contributed by atoms with E-state index in [0.717, 1.165) is 16.0 Å². The highest BCUT2D eigenvalue weighted by molar-refractivity contribution is 7.20. The highest BCUT2D eigenvalue weighted by atomic mass is 32.1. The number of amides is 2. The molecule has 0 atom stereocenters. The Hall–Kier alpha value is -3.00. The zero-order valence-corrected chi connectivity index (χ0v) is 13.9. The summed E-state index contributed by atoms with van der Waals surface area (Å²) in [6, 6.07) is 8.91. The van der Waals surface area contributed by atoms with Gasteiger partial charge in [0, 0.05) is 17.9 Å². The first kappa shape index (κ1) is 16.8. The maximum atomic E-state index is 13.2. The van der Waals surface area contributed by atoms with Crippen molar-refractivity contribution in [2.45, 2.75) is 0 Å². The van der Waals surface area contributed by atoms with E-state index in [1.807, 2.05) is 0 Å². The van der Waals surface area contributed by atoms with E-state index in [9.17, 15) is 18.8 Å². The number of aromatic nitrogens is 1. The summed E-state index contributed by atoms with van der Waals surface area (Å²) in [5.74, 6) is -2.41. The minimum Gasteiger partial charge on any atom is -0.451 e. The van der Waals surface area contributed by atoms with Gasteiger partial charge in [-0.25, -0.2) is 9.18 Å². The topological polar surface area (TPSA) is 77.4 Å². The van der Waals surface area contributed by atoms with Crippen LogP contribution in [0.5, 0.6) is 0 Å². The number of carbonyl (C=O) groups excluding carboxylic acids is 3. The number of nitrogens with one attached hydrogen (secondary N) is 1. The molecule has 2 aromatic heterocycles. The largest absolute Gasteiger partial charge is 0.451 e. The molecule has 6 nitrogen and oxygen atoms in total. The van der Waals surface area contributed by atoms with Crippen molar-refractivity contribution >= 4 is 39.2 Å². The van der Waals surface area contributed by atoms with Crippen LogP contribution in [0.3, 0.4) is 0 Å². The van der Waals surface area contributed by atoms with E-state index in [-0.39, 0.29) is 4.88 Å². The van der Waals surface area contributed by atoms with Crippen molar-refractivity contribution in [2.24, 2.45) is 7.05 Å². The second-order valence-electron chi connectivity index (χ2n) is 5.25. The van der Waals surface area contributed by atoms with Crippen molar-refractivity contribution in [3.05, 3.63) is 59.0 Å². The number of rotatable bonds is 4. The molecule has 2 heterocycles. The van der Waals surface area contributed by atoms with E-state index in [2.05, 4.69) is 5.32 Å². The Labute approximate surface area is 145 Å². The predicted molar refractivity (Wildman–Crippen MR) is 90.0 cm³/mol. The first-order valence-electron chi connectivity index (χ1n) is 7.26. The third kappa shape index (κ3) is 3.74. The van der Waals surface area contributed by atoms with Crippen molar-refractivity contribution in [2.75, 3.05) is 6.61 Å². The second-order valence-corrected chi connectivity index (χ2v) is 6.33. The molecule has 0 saturated heterocycles. The summed E-state index contributed by atoms with van der Waals surface area (Å²) < 4.78 is 20.4. The van der Waals surface area contributed by atoms with Gasteiger partial charge >= 0.3 is 5.97 Å². The maximum absolute atomic E-state index is 13.2. The van der Waals surface area contributed by atoms with E-state index in [1.165, 1.54) is 18.2 Å². The molecule has 3 aromatic rings. The number of hydrogen-bond donors (Lipinski definition) is 1. The van der Waals surface area contributed by atoms with Gasteiger partial charge < -0.3 is 9.30 Å². The van der Waals surface area contributed by atoms with Crippen molar-refractivity contribution < 1.29 is 23.5 Å². The number of nitrogens with zero attached hydrogens (tertiary/aromatic N) is 1. The Bertz CT molecular complexity index is 976. The van der Waals surface area contributed by atoms with Crippen LogP contribution in [0.15, 0.2) is 42.6 Å². The van der Waals surface area contributed by atoms with E-state index in [1.54, 1.807) is 36.0 Å². The molecule has 0 unspecified atom stereocenters. The van der Waals surface area contributed by atoms with Crippen molar-refractivity contribution in [1.29, 1.82) is 0 Å². The lowest BCUT2D eigenvalue weighted by Gasteiger charge is -2.05. The first-order chi connectivity index (χ1) is 11.9. The molecule has 1 N–H and O–H groups in total. The number of hydrogen-bond acceptors (Lipinski definition) is 5. The average Bonchev–Trinajstić information content (AvgIpc) is 3.18. The number of esters is 1. The van der Waals surface area contributed by atoms with Gasteiger partial charge in [0.15, 0.2) is 6.61 Å². The molecule has 2 amide bonds. The van der Waals surface area contributed by atoms with Crippen LogP contribution >= 0.6 is 11.3 Å². The fraction of sp³-hybridized carbons (Fsp3) is 0.118. The van der Waals surface area contributed by atoms with Gasteiger partial charge in [0.1, 0.15) is 16.4 Å². The van der Waals surface area contributed by atoms with Gasteiger partial charge in [-0.2, -0.15) is 0 Å². The van der Waals surface area contributed by atoms with Crippen LogP contribution in [0.25, 0.3) is 10.1 Å². The van der Waals surface area contributed by atoms with E-state index >= 15 is 0 Å². The van der Waals surface area contributed by atoms with Gasteiger partial charge in [-0.05, 0) is 41.8 Å². The Morgan fingerprint density at radius 2 is 2.04 bits per heavy atom. The van der Waals surface area contributed by atoms with Crippen LogP contribution in [0.2, 0.25) is 0 Å². The number of benzene rings is 1. The lowest BCUT2D eigenvalue weighted by molar-refractivity contribution is -0.123. The van der Waals surface area contributed by atoms with Crippen LogP contribution < -0.4 is 5.32 Å². The molecule has 1 aromatic carbocycles. The number of halogens is 1. The van der Waals surface area contributed by atoms with E-state index in [0.29, 0.717) is 11.1 Å². The molecule has 0 aliphatic rings. The predicted octanol–water partition coefficient (Wildman–Crippen LogP) is 2.49. The summed E-state index contributed by atoms with van der Waals surface area (Å²) in [4.78, 5) is 35.9. The Morgan fingerprint density at radius 3 is 2.76 bits per heavy atom. The highest BCUT2D eigenvalue weighted by Crippen LogP contribution is 2.26. The monoisotopic (exact) mass is 360 g/mol. The molecule has 0 saturated carbocycles. The molecule has 8 heteroatoms. The fourth-order valence-corrected chi connectivity index (χ4v) is 3.18. The molecule has 3 rings (SSSR count). The zero-order chi connectivity index (χ0) is 18.0. The molecule has 128 valence electrons. The van der Waals surface area contributed by atoms with Crippen molar-refractivity contribution in [1.82, 2.24) is 9.88 Å². The molecule has 25 heavy (non-hydrogen) atoms. The normalized spacial score (nSPS) is 10.6. The molecule has 0 spiro atoms. The second kappa shape index (κ2) is 6.86. The number of imide groups is 1. The van der Waals surface area contributed by atoms with Gasteiger partial charge in [-0.15, -0.1) is 11.3 Å². The average molecular weight is 360 g/mol. The van der Waals surface area contributed by atoms with E-state index in [4.69, 9.17) is 4.74 Å². The lowest BCUT2D eigenvalue weighted by atomic mass is 10.2. The Morgan fingerprint density at radius 1 is 1.24 bits per heavy atom. The minimum atomic E-state index is -0.730. The zero-order valence-electron chi connectivity index (χ0n) is 13.1. The third-order valence-corrected chi connectivity index (χ3v) is 4.54. The van der Waals surface area contributed by atoms with Crippen LogP contribution in [-0.4, -0.2) is 29.0 Å². The standard InChI is InChI=1S/C17H13FN2O4S/c1-20-6-2-3-12(20)16(22)19-15(21)9-24-17(23)14-8-10-7-11(18)4-5-13(10)25-14/h2-8H,9H2,1H3,(H,19,21,22). The minimum absolute atomic E-state index is 0.252. The van der Waals surface area contributed by atoms with Crippen LogP contribution in [0.1, 0.15) is 20.2 Å². The quantitative estimate of drug-likeness (QED) is 0.725. The van der Waals surface area contributed by atoms with Crippen LogP contribution in [0.4, 0.5) is 4.39 Å². The summed E-state index contributed by atoms with van der Waals surface area (Å²) in [5, 5.41) is 2.73. The molecule has 0 aliphatic heterocycles. The number of aryl methyl sites for hydroxylation is 1. The summed E-state index contributed by atoms with van der Waals surface area (Å²) in [6.07, 6.45) is 1.67. The molecule has 0 bridgehead atoms. The fourth-order valence-electron chi connectivity index (χ4n) is 2.24. The van der Waals surface area contributed by atoms with Crippen LogP contribution in [-0.2, 0) is 16.6 Å². The summed E-state index contributed by atoms with van der Waals surface area (Å²) in [7, 11) is 1.67. The lowest BCUT2D eigenvalue weighted by Crippen LogP contribution is -2.35. The molecule has 0 aliphatic carbocycles. The Balaban J connectivity index is 1.58. The number of carbonyl (C=O) groups is 3. The van der Waals surface area contributed by atoms with Gasteiger partial charge in [-0.3, -0.25) is 14.9 Å². The summed E-state index contributed by atoms with van der Waals surface area (Å²) in [5.41, 5.74) is 0.311.